The lowest BCUT2D eigenvalue weighted by atomic mass is 10.1. The van der Waals surface area contributed by atoms with E-state index < -0.39 is 10.0 Å². The SMILES string of the molecule is Cc1cc(C)c(S(=O)(=O)N2CCN(Cc3nc4cc(C(=O)N(C)C)ccc4n3C)CC2)c(C)c1. The van der Waals surface area contributed by atoms with Crippen LogP contribution in [0.15, 0.2) is 35.2 Å². The maximum absolute atomic E-state index is 13.4. The molecule has 182 valence electrons. The van der Waals surface area contributed by atoms with Crippen LogP contribution < -0.4 is 0 Å². The first kappa shape index (κ1) is 24.4. The number of rotatable bonds is 5. The maximum atomic E-state index is 13.4. The number of benzene rings is 2. The molecule has 0 spiro atoms. The zero-order chi connectivity index (χ0) is 24.8. The molecule has 34 heavy (non-hydrogen) atoms. The third-order valence-corrected chi connectivity index (χ3v) is 8.73. The van der Waals surface area contributed by atoms with Gasteiger partial charge in [-0.25, -0.2) is 13.4 Å². The Hall–Kier alpha value is -2.75. The van der Waals surface area contributed by atoms with E-state index in [2.05, 4.69) is 4.90 Å². The van der Waals surface area contributed by atoms with Gasteiger partial charge in [-0.2, -0.15) is 4.31 Å². The molecule has 1 amide bonds. The molecule has 1 aliphatic heterocycles. The lowest BCUT2D eigenvalue weighted by Crippen LogP contribution is -2.48. The van der Waals surface area contributed by atoms with Crippen LogP contribution in [0.25, 0.3) is 11.0 Å². The topological polar surface area (TPSA) is 78.8 Å². The van der Waals surface area contributed by atoms with Crippen LogP contribution in [0.1, 0.15) is 32.9 Å². The van der Waals surface area contributed by atoms with Gasteiger partial charge in [0.15, 0.2) is 0 Å². The molecular formula is C25H33N5O3S. The third kappa shape index (κ3) is 4.47. The fourth-order valence-corrected chi connectivity index (χ4v) is 6.65. The summed E-state index contributed by atoms with van der Waals surface area (Å²) in [5.74, 6) is 0.844. The van der Waals surface area contributed by atoms with Crippen molar-refractivity contribution in [1.29, 1.82) is 0 Å². The number of aryl methyl sites for hydroxylation is 4. The van der Waals surface area contributed by atoms with E-state index in [-0.39, 0.29) is 5.91 Å². The molecule has 8 nitrogen and oxygen atoms in total. The summed E-state index contributed by atoms with van der Waals surface area (Å²) in [7, 11) is 1.91. The number of amides is 1. The van der Waals surface area contributed by atoms with Crippen LogP contribution in [0.4, 0.5) is 0 Å². The summed E-state index contributed by atoms with van der Waals surface area (Å²) in [5.41, 5.74) is 5.04. The van der Waals surface area contributed by atoms with E-state index in [9.17, 15) is 13.2 Å². The summed E-state index contributed by atoms with van der Waals surface area (Å²) in [6.07, 6.45) is 0. The quantitative estimate of drug-likeness (QED) is 0.558. The van der Waals surface area contributed by atoms with Crippen LogP contribution in [0, 0.1) is 20.8 Å². The summed E-state index contributed by atoms with van der Waals surface area (Å²) in [6, 6.07) is 9.45. The van der Waals surface area contributed by atoms with Crippen molar-refractivity contribution in [2.45, 2.75) is 32.2 Å². The first-order chi connectivity index (χ1) is 16.0. The Labute approximate surface area is 201 Å². The van der Waals surface area contributed by atoms with Crippen LogP contribution in [0.5, 0.6) is 0 Å². The molecule has 4 rings (SSSR count). The highest BCUT2D eigenvalue weighted by Crippen LogP contribution is 2.26. The van der Waals surface area contributed by atoms with E-state index in [0.29, 0.717) is 43.2 Å². The highest BCUT2D eigenvalue weighted by Gasteiger charge is 2.31. The number of piperazine rings is 1. The molecule has 3 aromatic rings. The predicted molar refractivity (Wildman–Crippen MR) is 133 cm³/mol. The zero-order valence-electron chi connectivity index (χ0n) is 20.8. The molecular weight excluding hydrogens is 450 g/mol. The Kier molecular flexibility index (Phi) is 6.54. The lowest BCUT2D eigenvalue weighted by Gasteiger charge is -2.34. The van der Waals surface area contributed by atoms with Crippen molar-refractivity contribution in [2.24, 2.45) is 7.05 Å². The summed E-state index contributed by atoms with van der Waals surface area (Å²) < 4.78 is 30.4. The number of nitrogens with zero attached hydrogens (tertiary/aromatic N) is 5. The monoisotopic (exact) mass is 483 g/mol. The van der Waals surface area contributed by atoms with Crippen LogP contribution in [-0.4, -0.2) is 78.3 Å². The summed E-state index contributed by atoms with van der Waals surface area (Å²) >= 11 is 0. The molecule has 0 aliphatic carbocycles. The van der Waals surface area contributed by atoms with Gasteiger partial charge in [-0.15, -0.1) is 0 Å². The Bertz CT molecular complexity index is 1330. The molecule has 2 aromatic carbocycles. The second kappa shape index (κ2) is 9.13. The molecule has 1 fully saturated rings. The molecule has 0 atom stereocenters. The van der Waals surface area contributed by atoms with E-state index in [1.165, 1.54) is 0 Å². The van der Waals surface area contributed by atoms with Gasteiger partial charge in [-0.3, -0.25) is 9.69 Å². The van der Waals surface area contributed by atoms with Crippen molar-refractivity contribution in [3.8, 4) is 0 Å². The summed E-state index contributed by atoms with van der Waals surface area (Å²) in [5, 5.41) is 0. The number of carbonyl (C=O) groups is 1. The average molecular weight is 484 g/mol. The van der Waals surface area contributed by atoms with E-state index in [0.717, 1.165) is 33.5 Å². The fraction of sp³-hybridized carbons (Fsp3) is 0.440. The number of carbonyl (C=O) groups excluding carboxylic acids is 1. The highest BCUT2D eigenvalue weighted by molar-refractivity contribution is 7.89. The molecule has 0 saturated carbocycles. The largest absolute Gasteiger partial charge is 0.345 e. The summed E-state index contributed by atoms with van der Waals surface area (Å²) in [6.45, 7) is 8.50. The van der Waals surface area contributed by atoms with Crippen molar-refractivity contribution < 1.29 is 13.2 Å². The number of aromatic nitrogens is 2. The van der Waals surface area contributed by atoms with Gasteiger partial charge < -0.3 is 9.47 Å². The van der Waals surface area contributed by atoms with E-state index in [1.54, 1.807) is 23.3 Å². The van der Waals surface area contributed by atoms with Crippen LogP contribution in [0.2, 0.25) is 0 Å². The van der Waals surface area contributed by atoms with Gasteiger partial charge in [0.05, 0.1) is 22.5 Å². The Morgan fingerprint density at radius 2 is 1.62 bits per heavy atom. The molecule has 1 aliphatic rings. The minimum absolute atomic E-state index is 0.0505. The highest BCUT2D eigenvalue weighted by atomic mass is 32.2. The zero-order valence-corrected chi connectivity index (χ0v) is 21.6. The van der Waals surface area contributed by atoms with Gasteiger partial charge in [0.1, 0.15) is 5.82 Å². The van der Waals surface area contributed by atoms with E-state index in [1.807, 2.05) is 62.7 Å². The predicted octanol–water partition coefficient (Wildman–Crippen LogP) is 2.71. The van der Waals surface area contributed by atoms with Gasteiger partial charge in [0, 0.05) is 52.9 Å². The minimum Gasteiger partial charge on any atom is -0.345 e. The van der Waals surface area contributed by atoms with Crippen molar-refractivity contribution >= 4 is 27.0 Å². The van der Waals surface area contributed by atoms with Crippen molar-refractivity contribution in [3.63, 3.8) is 0 Å². The third-order valence-electron chi connectivity index (χ3n) is 6.53. The minimum atomic E-state index is -3.54. The Morgan fingerprint density at radius 3 is 2.21 bits per heavy atom. The molecule has 1 saturated heterocycles. The molecule has 2 heterocycles. The van der Waals surface area contributed by atoms with Crippen molar-refractivity contribution in [3.05, 3.63) is 58.4 Å². The van der Waals surface area contributed by atoms with Gasteiger partial charge in [-0.1, -0.05) is 17.7 Å². The summed E-state index contributed by atoms with van der Waals surface area (Å²) in [4.78, 5) is 21.3. The van der Waals surface area contributed by atoms with Crippen LogP contribution in [-0.2, 0) is 23.6 Å². The van der Waals surface area contributed by atoms with Crippen molar-refractivity contribution in [1.82, 2.24) is 23.7 Å². The molecule has 0 radical (unpaired) electrons. The maximum Gasteiger partial charge on any atom is 0.253 e. The van der Waals surface area contributed by atoms with E-state index in [4.69, 9.17) is 4.98 Å². The molecule has 0 N–H and O–H groups in total. The van der Waals surface area contributed by atoms with E-state index >= 15 is 0 Å². The Morgan fingerprint density at radius 1 is 1.00 bits per heavy atom. The van der Waals surface area contributed by atoms with Crippen molar-refractivity contribution in [2.75, 3.05) is 40.3 Å². The fourth-order valence-electron chi connectivity index (χ4n) is 4.81. The number of sulfonamides is 1. The van der Waals surface area contributed by atoms with Gasteiger partial charge in [0.25, 0.3) is 5.91 Å². The second-order valence-corrected chi connectivity index (χ2v) is 11.3. The number of imidazole rings is 1. The smallest absolute Gasteiger partial charge is 0.253 e. The Balaban J connectivity index is 1.48. The number of hydrogen-bond donors (Lipinski definition) is 0. The van der Waals surface area contributed by atoms with Crippen LogP contribution >= 0.6 is 0 Å². The normalized spacial score (nSPS) is 15.7. The second-order valence-electron chi connectivity index (χ2n) is 9.40. The number of fused-ring (bicyclic) bond motifs is 1. The van der Waals surface area contributed by atoms with Crippen LogP contribution in [0.3, 0.4) is 0 Å². The standard InChI is InChI=1S/C25H33N5O3S/c1-17-13-18(2)24(19(3)14-17)34(32,33)30-11-9-29(10-12-30)16-23-26-21-15-20(25(31)27(4)5)7-8-22(21)28(23)6/h7-8,13-15H,9-12,16H2,1-6H3. The van der Waals surface area contributed by atoms with Gasteiger partial charge in [-0.05, 0) is 50.1 Å². The molecule has 0 bridgehead atoms. The first-order valence-corrected chi connectivity index (χ1v) is 12.9. The van der Waals surface area contributed by atoms with Gasteiger partial charge >= 0.3 is 0 Å². The van der Waals surface area contributed by atoms with Gasteiger partial charge in [0.2, 0.25) is 10.0 Å². The number of hydrogen-bond acceptors (Lipinski definition) is 5. The molecule has 0 unspecified atom stereocenters. The average Bonchev–Trinajstić information content (AvgIpc) is 3.07. The lowest BCUT2D eigenvalue weighted by molar-refractivity contribution is 0.0827. The molecule has 1 aromatic heterocycles. The first-order valence-electron chi connectivity index (χ1n) is 11.5. The molecule has 9 heteroatoms.